The molecule has 2 rings (SSSR count). The standard InChI is InChI=1S/C15H9Cl3N2O/c16-11-6-12(17)15(13(18)7-11)20-14(21)5-9-1-3-10(8-19)4-2-9/h1-4,6-7H,5H2,(H,20,21). The van der Waals surface area contributed by atoms with Gasteiger partial charge in [-0.3, -0.25) is 4.79 Å². The first kappa shape index (κ1) is 15.7. The molecule has 2 aromatic carbocycles. The van der Waals surface area contributed by atoms with Crippen LogP contribution in [-0.4, -0.2) is 5.91 Å². The third kappa shape index (κ3) is 4.12. The molecule has 0 aliphatic carbocycles. The Hall–Kier alpha value is -1.73. The molecule has 0 spiro atoms. The summed E-state index contributed by atoms with van der Waals surface area (Å²) in [6.07, 6.45) is 0.154. The van der Waals surface area contributed by atoms with Crippen LogP contribution in [0.5, 0.6) is 0 Å². The van der Waals surface area contributed by atoms with Crippen LogP contribution >= 0.6 is 34.8 Å². The maximum Gasteiger partial charge on any atom is 0.228 e. The summed E-state index contributed by atoms with van der Waals surface area (Å²) in [6, 6.07) is 11.8. The third-order valence-electron chi connectivity index (χ3n) is 2.72. The molecule has 3 nitrogen and oxygen atoms in total. The number of benzene rings is 2. The van der Waals surface area contributed by atoms with E-state index in [9.17, 15) is 4.79 Å². The lowest BCUT2D eigenvalue weighted by atomic mass is 10.1. The number of hydrogen-bond donors (Lipinski definition) is 1. The molecule has 0 aromatic heterocycles. The summed E-state index contributed by atoms with van der Waals surface area (Å²) in [7, 11) is 0. The molecular weight excluding hydrogens is 331 g/mol. The van der Waals surface area contributed by atoms with Crippen molar-refractivity contribution in [2.75, 3.05) is 5.32 Å². The van der Waals surface area contributed by atoms with Crippen molar-refractivity contribution >= 4 is 46.4 Å². The van der Waals surface area contributed by atoms with Crippen molar-refractivity contribution < 1.29 is 4.79 Å². The van der Waals surface area contributed by atoms with Gasteiger partial charge in [0.15, 0.2) is 0 Å². The number of carbonyl (C=O) groups excluding carboxylic acids is 1. The summed E-state index contributed by atoms with van der Waals surface area (Å²) < 4.78 is 0. The Kier molecular flexibility index (Phi) is 5.08. The molecule has 1 amide bonds. The first-order valence-electron chi connectivity index (χ1n) is 5.93. The summed E-state index contributed by atoms with van der Waals surface area (Å²) >= 11 is 17.8. The Morgan fingerprint density at radius 3 is 2.19 bits per heavy atom. The Morgan fingerprint density at radius 2 is 1.67 bits per heavy atom. The van der Waals surface area contributed by atoms with Gasteiger partial charge in [-0.1, -0.05) is 46.9 Å². The lowest BCUT2D eigenvalue weighted by molar-refractivity contribution is -0.115. The molecule has 0 bridgehead atoms. The average Bonchev–Trinajstić information content (AvgIpc) is 2.43. The van der Waals surface area contributed by atoms with Crippen molar-refractivity contribution in [3.8, 4) is 6.07 Å². The number of halogens is 3. The topological polar surface area (TPSA) is 52.9 Å². The fourth-order valence-electron chi connectivity index (χ4n) is 1.73. The highest BCUT2D eigenvalue weighted by Crippen LogP contribution is 2.33. The smallest absolute Gasteiger partial charge is 0.228 e. The van der Waals surface area contributed by atoms with Gasteiger partial charge in [0, 0.05) is 5.02 Å². The van der Waals surface area contributed by atoms with E-state index >= 15 is 0 Å². The van der Waals surface area contributed by atoms with Crippen LogP contribution in [0.25, 0.3) is 0 Å². The lowest BCUT2D eigenvalue weighted by Crippen LogP contribution is -2.15. The highest BCUT2D eigenvalue weighted by Gasteiger charge is 2.11. The first-order chi connectivity index (χ1) is 9.99. The van der Waals surface area contributed by atoms with Crippen LogP contribution in [-0.2, 0) is 11.2 Å². The minimum atomic E-state index is -0.258. The maximum absolute atomic E-state index is 12.0. The summed E-state index contributed by atoms with van der Waals surface area (Å²) in [5.41, 5.74) is 1.66. The molecule has 0 radical (unpaired) electrons. The van der Waals surface area contributed by atoms with Crippen molar-refractivity contribution in [1.29, 1.82) is 5.26 Å². The van der Waals surface area contributed by atoms with Crippen molar-refractivity contribution in [3.05, 3.63) is 62.6 Å². The summed E-state index contributed by atoms with van der Waals surface area (Å²) in [5.74, 6) is -0.258. The fourth-order valence-corrected chi connectivity index (χ4v) is 2.64. The van der Waals surface area contributed by atoms with Crippen molar-refractivity contribution in [1.82, 2.24) is 0 Å². The maximum atomic E-state index is 12.0. The average molecular weight is 340 g/mol. The second-order valence-electron chi connectivity index (χ2n) is 4.28. The van der Waals surface area contributed by atoms with Gasteiger partial charge in [-0.05, 0) is 29.8 Å². The van der Waals surface area contributed by atoms with Crippen LogP contribution in [0.15, 0.2) is 36.4 Å². The van der Waals surface area contributed by atoms with E-state index in [2.05, 4.69) is 5.32 Å². The van der Waals surface area contributed by atoms with E-state index in [1.54, 1.807) is 24.3 Å². The van der Waals surface area contributed by atoms with Crippen LogP contribution < -0.4 is 5.32 Å². The summed E-state index contributed by atoms with van der Waals surface area (Å²) in [5, 5.41) is 12.3. The summed E-state index contributed by atoms with van der Waals surface area (Å²) in [6.45, 7) is 0. The van der Waals surface area contributed by atoms with Gasteiger partial charge in [0.25, 0.3) is 0 Å². The van der Waals surface area contributed by atoms with Crippen molar-refractivity contribution in [2.45, 2.75) is 6.42 Å². The van der Waals surface area contributed by atoms with Crippen LogP contribution in [0.3, 0.4) is 0 Å². The number of rotatable bonds is 3. The zero-order valence-corrected chi connectivity index (χ0v) is 12.9. The Labute approximate surface area is 137 Å². The van der Waals surface area contributed by atoms with E-state index in [0.29, 0.717) is 16.3 Å². The van der Waals surface area contributed by atoms with Crippen LogP contribution in [0, 0.1) is 11.3 Å². The van der Waals surface area contributed by atoms with Crippen molar-refractivity contribution in [3.63, 3.8) is 0 Å². The molecule has 0 aliphatic rings. The van der Waals surface area contributed by atoms with Crippen LogP contribution in [0.1, 0.15) is 11.1 Å². The van der Waals surface area contributed by atoms with E-state index < -0.39 is 0 Å². The molecule has 2 aromatic rings. The molecule has 0 saturated heterocycles. The number of amides is 1. The second kappa shape index (κ2) is 6.82. The molecule has 0 fully saturated rings. The molecule has 0 saturated carbocycles. The van der Waals surface area contributed by atoms with E-state index in [4.69, 9.17) is 40.1 Å². The Morgan fingerprint density at radius 1 is 1.10 bits per heavy atom. The van der Waals surface area contributed by atoms with Gasteiger partial charge in [-0.25, -0.2) is 0 Å². The molecule has 1 N–H and O–H groups in total. The zero-order valence-electron chi connectivity index (χ0n) is 10.7. The van der Waals surface area contributed by atoms with E-state index in [1.807, 2.05) is 6.07 Å². The molecule has 106 valence electrons. The quantitative estimate of drug-likeness (QED) is 0.881. The van der Waals surface area contributed by atoms with Gasteiger partial charge < -0.3 is 5.32 Å². The first-order valence-corrected chi connectivity index (χ1v) is 7.06. The van der Waals surface area contributed by atoms with E-state index in [0.717, 1.165) is 5.56 Å². The zero-order chi connectivity index (χ0) is 15.4. The predicted molar refractivity (Wildman–Crippen MR) is 85.0 cm³/mol. The highest BCUT2D eigenvalue weighted by atomic mass is 35.5. The van der Waals surface area contributed by atoms with Crippen molar-refractivity contribution in [2.24, 2.45) is 0 Å². The van der Waals surface area contributed by atoms with Gasteiger partial charge in [0.05, 0.1) is 33.8 Å². The SMILES string of the molecule is N#Cc1ccc(CC(=O)Nc2c(Cl)cc(Cl)cc2Cl)cc1. The normalized spacial score (nSPS) is 10.0. The molecule has 6 heteroatoms. The van der Waals surface area contributed by atoms with Gasteiger partial charge >= 0.3 is 0 Å². The molecule has 0 atom stereocenters. The van der Waals surface area contributed by atoms with Crippen LogP contribution in [0.2, 0.25) is 15.1 Å². The molecule has 21 heavy (non-hydrogen) atoms. The molecule has 0 aliphatic heterocycles. The molecule has 0 heterocycles. The fraction of sp³-hybridized carbons (Fsp3) is 0.0667. The van der Waals surface area contributed by atoms with Crippen LogP contribution in [0.4, 0.5) is 5.69 Å². The third-order valence-corrected chi connectivity index (χ3v) is 3.53. The van der Waals surface area contributed by atoms with Gasteiger partial charge in [0.1, 0.15) is 0 Å². The largest absolute Gasteiger partial charge is 0.323 e. The lowest BCUT2D eigenvalue weighted by Gasteiger charge is -2.10. The van der Waals surface area contributed by atoms with Gasteiger partial charge in [-0.2, -0.15) is 5.26 Å². The van der Waals surface area contributed by atoms with E-state index in [1.165, 1.54) is 12.1 Å². The molecule has 0 unspecified atom stereocenters. The predicted octanol–water partition coefficient (Wildman–Crippen LogP) is 4.70. The summed E-state index contributed by atoms with van der Waals surface area (Å²) in [4.78, 5) is 12.0. The Bertz CT molecular complexity index is 698. The number of hydrogen-bond acceptors (Lipinski definition) is 2. The van der Waals surface area contributed by atoms with E-state index in [-0.39, 0.29) is 22.4 Å². The number of anilines is 1. The number of nitriles is 1. The minimum absolute atomic E-state index is 0.154. The van der Waals surface area contributed by atoms with Gasteiger partial charge in [0.2, 0.25) is 5.91 Å². The minimum Gasteiger partial charge on any atom is -0.323 e. The number of nitrogens with one attached hydrogen (secondary N) is 1. The highest BCUT2D eigenvalue weighted by molar-refractivity contribution is 6.42. The monoisotopic (exact) mass is 338 g/mol. The number of nitrogens with zero attached hydrogens (tertiary/aromatic N) is 1. The second-order valence-corrected chi connectivity index (χ2v) is 5.53. The van der Waals surface area contributed by atoms with Gasteiger partial charge in [-0.15, -0.1) is 0 Å². The number of carbonyl (C=O) groups is 1. The Balaban J connectivity index is 2.10. The molecular formula is C15H9Cl3N2O.